The Labute approximate surface area is 166 Å². The van der Waals surface area contributed by atoms with E-state index in [1.165, 1.54) is 6.42 Å². The zero-order valence-corrected chi connectivity index (χ0v) is 16.7. The van der Waals surface area contributed by atoms with Crippen molar-refractivity contribution in [3.05, 3.63) is 63.1 Å². The largest absolute Gasteiger partial charge is 0.422 e. The van der Waals surface area contributed by atoms with E-state index in [-0.39, 0.29) is 0 Å². The predicted octanol–water partition coefficient (Wildman–Crippen LogP) is 5.48. The molecule has 1 heterocycles. The first-order chi connectivity index (χ1) is 12.0. The van der Waals surface area contributed by atoms with Gasteiger partial charge in [0.15, 0.2) is 0 Å². The monoisotopic (exact) mass is 437 g/mol. The molecule has 3 rings (SSSR count). The number of carbonyl (C=O) groups is 1. The molecular formula is C19H17BrClNO2S. The lowest BCUT2D eigenvalue weighted by molar-refractivity contribution is 0.0734. The van der Waals surface area contributed by atoms with E-state index in [9.17, 15) is 4.79 Å². The molecule has 0 amide bonds. The van der Waals surface area contributed by atoms with E-state index in [4.69, 9.17) is 28.6 Å². The van der Waals surface area contributed by atoms with Crippen molar-refractivity contribution < 1.29 is 9.53 Å². The summed E-state index contributed by atoms with van der Waals surface area (Å²) in [4.78, 5) is 15.3. The summed E-state index contributed by atoms with van der Waals surface area (Å²) in [6.07, 6.45) is 3.50. The number of hydrogen-bond donors (Lipinski definition) is 0. The highest BCUT2D eigenvalue weighted by molar-refractivity contribution is 9.10. The normalized spacial score (nSPS) is 14.2. The summed E-state index contributed by atoms with van der Waals surface area (Å²) in [6.45, 7) is 1.88. The highest BCUT2D eigenvalue weighted by Gasteiger charge is 2.20. The smallest absolute Gasteiger partial charge is 0.343 e. The lowest BCUT2D eigenvalue weighted by atomic mass is 10.1. The van der Waals surface area contributed by atoms with E-state index in [0.29, 0.717) is 16.3 Å². The number of hydrogen-bond acceptors (Lipinski definition) is 3. The van der Waals surface area contributed by atoms with Crippen molar-refractivity contribution in [3.8, 4) is 5.75 Å². The summed E-state index contributed by atoms with van der Waals surface area (Å²) in [5.74, 6) is 0.0420. The third-order valence-electron chi connectivity index (χ3n) is 4.10. The van der Waals surface area contributed by atoms with Crippen molar-refractivity contribution in [2.45, 2.75) is 19.3 Å². The van der Waals surface area contributed by atoms with Crippen LogP contribution in [0.4, 0.5) is 0 Å². The average molecular weight is 439 g/mol. The summed E-state index contributed by atoms with van der Waals surface area (Å²) in [5, 5.41) is 0.576. The van der Waals surface area contributed by atoms with Gasteiger partial charge in [-0.05, 0) is 61.7 Å². The number of rotatable bonds is 3. The third-order valence-corrected chi connectivity index (χ3v) is 5.32. The Hall–Kier alpha value is -1.43. The Kier molecular flexibility index (Phi) is 6.10. The van der Waals surface area contributed by atoms with Crippen LogP contribution in [0.2, 0.25) is 5.02 Å². The minimum Gasteiger partial charge on any atom is -0.422 e. The van der Waals surface area contributed by atoms with Gasteiger partial charge in [0.1, 0.15) is 10.7 Å². The van der Waals surface area contributed by atoms with E-state index in [1.54, 1.807) is 30.3 Å². The molecular weight excluding hydrogens is 422 g/mol. The number of ether oxygens (including phenoxy) is 1. The maximum Gasteiger partial charge on any atom is 0.343 e. The van der Waals surface area contributed by atoms with Crippen LogP contribution < -0.4 is 4.74 Å². The molecule has 130 valence electrons. The molecule has 0 bridgehead atoms. The molecule has 0 saturated carbocycles. The number of halogens is 2. The Morgan fingerprint density at radius 3 is 2.44 bits per heavy atom. The molecule has 25 heavy (non-hydrogen) atoms. The first kappa shape index (κ1) is 18.4. The zero-order chi connectivity index (χ0) is 17.8. The van der Waals surface area contributed by atoms with E-state index in [1.807, 2.05) is 12.1 Å². The Balaban J connectivity index is 1.84. The lowest BCUT2D eigenvalue weighted by Gasteiger charge is -2.29. The van der Waals surface area contributed by atoms with Gasteiger partial charge in [0, 0.05) is 22.6 Å². The quantitative estimate of drug-likeness (QED) is 0.360. The fraction of sp³-hybridized carbons (Fsp3) is 0.263. The average Bonchev–Trinajstić information content (AvgIpc) is 2.64. The Morgan fingerprint density at radius 1 is 1.08 bits per heavy atom. The number of esters is 1. The van der Waals surface area contributed by atoms with Gasteiger partial charge in [0.05, 0.1) is 11.1 Å². The Morgan fingerprint density at radius 2 is 1.76 bits per heavy atom. The van der Waals surface area contributed by atoms with Crippen molar-refractivity contribution in [1.82, 2.24) is 4.90 Å². The number of benzene rings is 2. The van der Waals surface area contributed by atoms with E-state index >= 15 is 0 Å². The maximum absolute atomic E-state index is 12.4. The van der Waals surface area contributed by atoms with Crippen molar-refractivity contribution in [2.24, 2.45) is 0 Å². The van der Waals surface area contributed by atoms with Gasteiger partial charge in [0.25, 0.3) is 0 Å². The molecule has 0 unspecified atom stereocenters. The van der Waals surface area contributed by atoms with Gasteiger partial charge in [-0.2, -0.15) is 0 Å². The molecule has 0 radical (unpaired) electrons. The van der Waals surface area contributed by atoms with Gasteiger partial charge >= 0.3 is 5.97 Å². The number of piperidine rings is 1. The van der Waals surface area contributed by atoms with Gasteiger partial charge in [0.2, 0.25) is 0 Å². The van der Waals surface area contributed by atoms with Crippen LogP contribution in [-0.2, 0) is 0 Å². The second kappa shape index (κ2) is 8.30. The van der Waals surface area contributed by atoms with Crippen molar-refractivity contribution in [3.63, 3.8) is 0 Å². The van der Waals surface area contributed by atoms with Gasteiger partial charge in [-0.15, -0.1) is 0 Å². The standard InChI is InChI=1S/C19H17BrClNO2S/c20-14-6-9-17(24-19(23)13-4-7-15(21)8-5-13)16(12-14)18(25)22-10-2-1-3-11-22/h4-9,12H,1-3,10-11H2. The number of carbonyl (C=O) groups excluding carboxylic acids is 1. The lowest BCUT2D eigenvalue weighted by Crippen LogP contribution is -2.35. The molecule has 0 aromatic heterocycles. The maximum atomic E-state index is 12.4. The van der Waals surface area contributed by atoms with Crippen LogP contribution in [0.15, 0.2) is 46.9 Å². The molecule has 0 spiro atoms. The molecule has 1 fully saturated rings. The van der Waals surface area contributed by atoms with Gasteiger partial charge in [-0.25, -0.2) is 4.79 Å². The first-order valence-electron chi connectivity index (χ1n) is 8.11. The molecule has 1 saturated heterocycles. The van der Waals surface area contributed by atoms with Crippen LogP contribution >= 0.6 is 39.7 Å². The van der Waals surface area contributed by atoms with Crippen LogP contribution in [0.5, 0.6) is 5.75 Å². The fourth-order valence-corrected chi connectivity index (χ4v) is 3.60. The summed E-state index contributed by atoms with van der Waals surface area (Å²) in [7, 11) is 0. The summed E-state index contributed by atoms with van der Waals surface area (Å²) in [6, 6.07) is 12.1. The first-order valence-corrected chi connectivity index (χ1v) is 9.69. The molecule has 0 atom stereocenters. The third kappa shape index (κ3) is 4.60. The number of thiocarbonyl (C=S) groups is 1. The highest BCUT2D eigenvalue weighted by Crippen LogP contribution is 2.27. The van der Waals surface area contributed by atoms with E-state index in [0.717, 1.165) is 41.0 Å². The number of likely N-dealkylation sites (tertiary alicyclic amines) is 1. The fourth-order valence-electron chi connectivity index (χ4n) is 2.77. The van der Waals surface area contributed by atoms with Gasteiger partial charge < -0.3 is 9.64 Å². The minimum atomic E-state index is -0.429. The molecule has 6 heteroatoms. The van der Waals surface area contributed by atoms with Crippen LogP contribution in [0.1, 0.15) is 35.2 Å². The molecule has 2 aromatic carbocycles. The molecule has 3 nitrogen and oxygen atoms in total. The van der Waals surface area contributed by atoms with Crippen molar-refractivity contribution >= 4 is 50.7 Å². The van der Waals surface area contributed by atoms with Crippen molar-refractivity contribution in [2.75, 3.05) is 13.1 Å². The van der Waals surface area contributed by atoms with E-state index < -0.39 is 5.97 Å². The summed E-state index contributed by atoms with van der Waals surface area (Å²) in [5.41, 5.74) is 1.20. The topological polar surface area (TPSA) is 29.5 Å². The highest BCUT2D eigenvalue weighted by atomic mass is 79.9. The SMILES string of the molecule is O=C(Oc1ccc(Br)cc1C(=S)N1CCCCC1)c1ccc(Cl)cc1. The predicted molar refractivity (Wildman–Crippen MR) is 108 cm³/mol. The second-order valence-electron chi connectivity index (χ2n) is 5.89. The van der Waals surface area contributed by atoms with E-state index in [2.05, 4.69) is 20.8 Å². The number of nitrogens with zero attached hydrogens (tertiary/aromatic N) is 1. The zero-order valence-electron chi connectivity index (χ0n) is 13.5. The van der Waals surface area contributed by atoms with Crippen molar-refractivity contribution in [1.29, 1.82) is 0 Å². The molecule has 1 aliphatic rings. The summed E-state index contributed by atoms with van der Waals surface area (Å²) >= 11 is 15.0. The summed E-state index contributed by atoms with van der Waals surface area (Å²) < 4.78 is 6.52. The van der Waals surface area contributed by atoms with Gasteiger partial charge in [-0.3, -0.25) is 0 Å². The van der Waals surface area contributed by atoms with Crippen LogP contribution in [0, 0.1) is 0 Å². The van der Waals surface area contributed by atoms with Crippen LogP contribution in [0.3, 0.4) is 0 Å². The minimum absolute atomic E-state index is 0.429. The van der Waals surface area contributed by atoms with Crippen LogP contribution in [-0.4, -0.2) is 28.9 Å². The molecule has 1 aliphatic heterocycles. The van der Waals surface area contributed by atoms with Gasteiger partial charge in [-0.1, -0.05) is 39.7 Å². The Bertz CT molecular complexity index is 789. The molecule has 0 aliphatic carbocycles. The second-order valence-corrected chi connectivity index (χ2v) is 7.63. The molecule has 0 N–H and O–H groups in total. The van der Waals surface area contributed by atoms with Crippen LogP contribution in [0.25, 0.3) is 0 Å². The molecule has 2 aromatic rings.